The van der Waals surface area contributed by atoms with Crippen LogP contribution in [-0.4, -0.2) is 59.4 Å². The first-order chi connectivity index (χ1) is 19.4. The second-order valence-electron chi connectivity index (χ2n) is 9.97. The lowest BCUT2D eigenvalue weighted by atomic mass is 9.86. The smallest absolute Gasteiger partial charge is 0.343 e. The van der Waals surface area contributed by atoms with Gasteiger partial charge in [-0.1, -0.05) is 6.92 Å². The van der Waals surface area contributed by atoms with Gasteiger partial charge in [0.15, 0.2) is 5.60 Å². The molecule has 1 aromatic carbocycles. The Hall–Kier alpha value is -4.22. The van der Waals surface area contributed by atoms with Crippen LogP contribution in [0.1, 0.15) is 37.0 Å². The zero-order valence-corrected chi connectivity index (χ0v) is 22.4. The van der Waals surface area contributed by atoms with Crippen LogP contribution in [-0.2, 0) is 42.6 Å². The number of cyclic esters (lactones) is 1. The highest BCUT2D eigenvalue weighted by Gasteiger charge is 2.45. The number of pyridine rings is 2. The molecule has 40 heavy (non-hydrogen) atoms. The number of anilines is 2. The van der Waals surface area contributed by atoms with Crippen molar-refractivity contribution in [3.8, 4) is 11.4 Å². The van der Waals surface area contributed by atoms with E-state index in [1.165, 1.54) is 12.3 Å². The van der Waals surface area contributed by atoms with E-state index < -0.39 is 11.6 Å². The van der Waals surface area contributed by atoms with Crippen LogP contribution in [0.25, 0.3) is 22.3 Å². The Morgan fingerprint density at radius 3 is 2.75 bits per heavy atom. The SMILES string of the molecule is CCO/C=C/C(=O)Nc1ccc2nc3c(c(N4CCOCC4)c2c1)Cn1c-3cc2c(c1=O)COC(=O)[C@]2(O)CC. The van der Waals surface area contributed by atoms with E-state index in [0.717, 1.165) is 16.6 Å². The van der Waals surface area contributed by atoms with E-state index in [1.54, 1.807) is 23.6 Å². The Balaban J connectivity index is 1.52. The van der Waals surface area contributed by atoms with Crippen LogP contribution in [0, 0.1) is 0 Å². The summed E-state index contributed by atoms with van der Waals surface area (Å²) < 4.78 is 17.6. The number of fused-ring (bicyclic) bond motifs is 5. The molecule has 0 saturated carbocycles. The molecule has 5 heterocycles. The summed E-state index contributed by atoms with van der Waals surface area (Å²) in [4.78, 5) is 45.8. The van der Waals surface area contributed by atoms with Crippen LogP contribution in [0.5, 0.6) is 0 Å². The quantitative estimate of drug-likeness (QED) is 0.213. The van der Waals surface area contributed by atoms with Crippen molar-refractivity contribution in [3.05, 3.63) is 63.6 Å². The minimum absolute atomic E-state index is 0.0764. The lowest BCUT2D eigenvalue weighted by molar-refractivity contribution is -0.172. The van der Waals surface area contributed by atoms with Crippen LogP contribution in [0.4, 0.5) is 11.4 Å². The summed E-state index contributed by atoms with van der Waals surface area (Å²) in [5, 5.41) is 14.9. The van der Waals surface area contributed by atoms with E-state index in [9.17, 15) is 19.5 Å². The lowest BCUT2D eigenvalue weighted by Crippen LogP contribution is -2.44. The first-order valence-corrected chi connectivity index (χ1v) is 13.4. The summed E-state index contributed by atoms with van der Waals surface area (Å²) in [5.41, 5.74) is 2.61. The standard InChI is InChI=1S/C29H30N4O7/c1-3-29(37)21-14-23-25-19(15-33(23)27(35)20(21)16-40-28(29)36)26(32-8-11-39-12-9-32)18-13-17(5-6-22(18)31-25)30-24(34)7-10-38-4-2/h5-7,10,13-14,37H,3-4,8-9,11-12,15-16H2,1-2H3,(H,30,34)/b10-7+/t29-/m0/s1. The summed E-state index contributed by atoms with van der Waals surface area (Å²) in [6, 6.07) is 7.21. The first kappa shape index (κ1) is 26.0. The molecule has 0 radical (unpaired) electrons. The summed E-state index contributed by atoms with van der Waals surface area (Å²) >= 11 is 0. The molecule has 6 rings (SSSR count). The van der Waals surface area contributed by atoms with Crippen LogP contribution >= 0.6 is 0 Å². The molecule has 0 aliphatic carbocycles. The lowest BCUT2D eigenvalue weighted by Gasteiger charge is -2.31. The molecule has 0 bridgehead atoms. The molecule has 3 aliphatic heterocycles. The fourth-order valence-electron chi connectivity index (χ4n) is 5.67. The Bertz CT molecular complexity index is 1620. The van der Waals surface area contributed by atoms with E-state index in [4.69, 9.17) is 19.2 Å². The van der Waals surface area contributed by atoms with Gasteiger partial charge in [0.1, 0.15) is 6.61 Å². The molecule has 1 fully saturated rings. The average Bonchev–Trinajstić information content (AvgIpc) is 3.33. The van der Waals surface area contributed by atoms with E-state index in [0.29, 0.717) is 55.5 Å². The highest BCUT2D eigenvalue weighted by atomic mass is 16.6. The number of benzene rings is 1. The van der Waals surface area contributed by atoms with Crippen molar-refractivity contribution in [1.82, 2.24) is 9.55 Å². The molecule has 11 nitrogen and oxygen atoms in total. The number of nitrogens with zero attached hydrogens (tertiary/aromatic N) is 3. The number of morpholine rings is 1. The Labute approximate surface area is 230 Å². The summed E-state index contributed by atoms with van der Waals surface area (Å²) in [7, 11) is 0. The number of carbonyl (C=O) groups excluding carboxylic acids is 2. The van der Waals surface area contributed by atoms with Crippen LogP contribution < -0.4 is 15.8 Å². The van der Waals surface area contributed by atoms with Gasteiger partial charge in [-0.3, -0.25) is 9.59 Å². The fraction of sp³-hybridized carbons (Fsp3) is 0.379. The molecule has 208 valence electrons. The van der Waals surface area contributed by atoms with Gasteiger partial charge in [0.2, 0.25) is 0 Å². The monoisotopic (exact) mass is 546 g/mol. The van der Waals surface area contributed by atoms with E-state index in [1.807, 2.05) is 19.1 Å². The number of hydrogen-bond donors (Lipinski definition) is 2. The molecule has 1 atom stereocenters. The minimum Gasteiger partial charge on any atom is -0.501 e. The van der Waals surface area contributed by atoms with Gasteiger partial charge in [-0.05, 0) is 37.6 Å². The van der Waals surface area contributed by atoms with Gasteiger partial charge < -0.3 is 34.1 Å². The molecule has 2 N–H and O–H groups in total. The number of esters is 1. The number of aromatic nitrogens is 2. The number of rotatable bonds is 6. The van der Waals surface area contributed by atoms with Gasteiger partial charge in [-0.2, -0.15) is 0 Å². The van der Waals surface area contributed by atoms with Crippen molar-refractivity contribution in [2.45, 2.75) is 39.0 Å². The van der Waals surface area contributed by atoms with Gasteiger partial charge in [0.05, 0.1) is 60.8 Å². The fourth-order valence-corrected chi connectivity index (χ4v) is 5.67. The third kappa shape index (κ3) is 4.13. The van der Waals surface area contributed by atoms with Crippen molar-refractivity contribution < 1.29 is 28.9 Å². The molecule has 3 aliphatic rings. The van der Waals surface area contributed by atoms with Crippen LogP contribution in [0.3, 0.4) is 0 Å². The van der Waals surface area contributed by atoms with Crippen molar-refractivity contribution in [3.63, 3.8) is 0 Å². The normalized spacial score (nSPS) is 19.8. The minimum atomic E-state index is -1.89. The van der Waals surface area contributed by atoms with Crippen molar-refractivity contribution >= 4 is 34.2 Å². The molecule has 1 saturated heterocycles. The first-order valence-electron chi connectivity index (χ1n) is 13.4. The van der Waals surface area contributed by atoms with Gasteiger partial charge >= 0.3 is 5.97 Å². The molecule has 0 spiro atoms. The van der Waals surface area contributed by atoms with Crippen LogP contribution in [0.2, 0.25) is 0 Å². The third-order valence-corrected chi connectivity index (χ3v) is 7.73. The highest BCUT2D eigenvalue weighted by molar-refractivity contribution is 6.03. The number of hydrogen-bond acceptors (Lipinski definition) is 9. The molecule has 11 heteroatoms. The molecule has 1 amide bonds. The second kappa shape index (κ2) is 10.1. The molecular weight excluding hydrogens is 516 g/mol. The Morgan fingerprint density at radius 2 is 2.00 bits per heavy atom. The molecule has 2 aromatic heterocycles. The highest BCUT2D eigenvalue weighted by Crippen LogP contribution is 2.43. The zero-order valence-electron chi connectivity index (χ0n) is 22.4. The average molecular weight is 547 g/mol. The van der Waals surface area contributed by atoms with Gasteiger partial charge in [0, 0.05) is 41.4 Å². The molecular formula is C29H30N4O7. The Kier molecular flexibility index (Phi) is 6.55. The zero-order chi connectivity index (χ0) is 28.0. The van der Waals surface area contributed by atoms with Crippen molar-refractivity contribution in [2.24, 2.45) is 0 Å². The number of nitrogens with one attached hydrogen (secondary N) is 1. The van der Waals surface area contributed by atoms with Crippen molar-refractivity contribution in [1.29, 1.82) is 0 Å². The maximum Gasteiger partial charge on any atom is 0.343 e. The summed E-state index contributed by atoms with van der Waals surface area (Å²) in [6.07, 6.45) is 2.76. The predicted molar refractivity (Wildman–Crippen MR) is 147 cm³/mol. The Morgan fingerprint density at radius 1 is 1.20 bits per heavy atom. The number of aliphatic hydroxyl groups is 1. The second-order valence-corrected chi connectivity index (χ2v) is 9.97. The topological polar surface area (TPSA) is 132 Å². The van der Waals surface area contributed by atoms with Gasteiger partial charge in [-0.25, -0.2) is 9.78 Å². The molecule has 0 unspecified atom stereocenters. The van der Waals surface area contributed by atoms with Crippen LogP contribution in [0.15, 0.2) is 41.4 Å². The number of carbonyl (C=O) groups is 2. The predicted octanol–water partition coefficient (Wildman–Crippen LogP) is 2.40. The van der Waals surface area contributed by atoms with E-state index >= 15 is 0 Å². The van der Waals surface area contributed by atoms with E-state index in [-0.39, 0.29) is 42.2 Å². The maximum atomic E-state index is 13.7. The summed E-state index contributed by atoms with van der Waals surface area (Å²) in [6.45, 7) is 6.50. The maximum absolute atomic E-state index is 13.7. The largest absolute Gasteiger partial charge is 0.501 e. The number of amides is 1. The molecule has 3 aromatic rings. The third-order valence-electron chi connectivity index (χ3n) is 7.73. The van der Waals surface area contributed by atoms with Gasteiger partial charge in [0.25, 0.3) is 11.5 Å². The number of ether oxygens (including phenoxy) is 3. The van der Waals surface area contributed by atoms with Gasteiger partial charge in [-0.15, -0.1) is 0 Å². The van der Waals surface area contributed by atoms with E-state index in [2.05, 4.69) is 10.2 Å². The van der Waals surface area contributed by atoms with Crippen molar-refractivity contribution in [2.75, 3.05) is 43.1 Å². The summed E-state index contributed by atoms with van der Waals surface area (Å²) in [5.74, 6) is -1.07.